The van der Waals surface area contributed by atoms with Crippen LogP contribution in [0.15, 0.2) is 18.2 Å². The average molecular weight is 230 g/mol. The van der Waals surface area contributed by atoms with Crippen molar-refractivity contribution in [3.05, 3.63) is 24.0 Å². The van der Waals surface area contributed by atoms with E-state index in [1.165, 1.54) is 0 Å². The fourth-order valence-electron chi connectivity index (χ4n) is 3.03. The van der Waals surface area contributed by atoms with Crippen LogP contribution in [-0.2, 0) is 0 Å². The number of phenolic OH excluding ortho intramolecular Hbond substituents is 1. The van der Waals surface area contributed by atoms with Crippen LogP contribution in [0, 0.1) is 10.8 Å². The Kier molecular flexibility index (Phi) is 1.77. The summed E-state index contributed by atoms with van der Waals surface area (Å²) < 4.78 is 0. The van der Waals surface area contributed by atoms with Crippen molar-refractivity contribution in [2.45, 2.75) is 33.6 Å². The van der Waals surface area contributed by atoms with Crippen molar-refractivity contribution < 1.29 is 5.11 Å². The van der Waals surface area contributed by atoms with Crippen molar-refractivity contribution in [2.24, 2.45) is 10.8 Å². The molecule has 0 spiro atoms. The summed E-state index contributed by atoms with van der Waals surface area (Å²) in [5.41, 5.74) is 2.40. The van der Waals surface area contributed by atoms with Crippen molar-refractivity contribution in [1.82, 2.24) is 9.97 Å². The van der Waals surface area contributed by atoms with Crippen LogP contribution in [0.1, 0.15) is 39.4 Å². The molecule has 1 aromatic carbocycles. The van der Waals surface area contributed by atoms with E-state index in [2.05, 4.69) is 37.7 Å². The van der Waals surface area contributed by atoms with E-state index in [0.717, 1.165) is 16.9 Å². The van der Waals surface area contributed by atoms with Crippen LogP contribution in [0.3, 0.4) is 0 Å². The van der Waals surface area contributed by atoms with Gasteiger partial charge in [-0.25, -0.2) is 4.98 Å². The predicted octanol–water partition coefficient (Wildman–Crippen LogP) is 3.42. The number of fused-ring (bicyclic) bond motifs is 1. The summed E-state index contributed by atoms with van der Waals surface area (Å²) in [5, 5.41) is 9.45. The predicted molar refractivity (Wildman–Crippen MR) is 68.1 cm³/mol. The molecule has 1 aliphatic carbocycles. The number of imidazole rings is 1. The van der Waals surface area contributed by atoms with Gasteiger partial charge in [0.2, 0.25) is 0 Å². The van der Waals surface area contributed by atoms with E-state index in [9.17, 15) is 5.11 Å². The molecule has 2 aromatic rings. The summed E-state index contributed by atoms with van der Waals surface area (Å²) in [6, 6.07) is 5.26. The number of aromatic hydroxyl groups is 1. The number of benzene rings is 1. The number of H-pyrrole nitrogens is 1. The third-order valence-corrected chi connectivity index (χ3v) is 4.78. The molecule has 1 aromatic heterocycles. The molecule has 0 bridgehead atoms. The molecule has 0 saturated heterocycles. The van der Waals surface area contributed by atoms with Crippen LogP contribution in [0.2, 0.25) is 0 Å². The number of nitrogens with one attached hydrogen (secondary N) is 1. The maximum absolute atomic E-state index is 9.45. The van der Waals surface area contributed by atoms with Crippen molar-refractivity contribution in [3.8, 4) is 5.75 Å². The van der Waals surface area contributed by atoms with E-state index in [1.54, 1.807) is 12.1 Å². The molecule has 0 unspecified atom stereocenters. The Morgan fingerprint density at radius 2 is 1.82 bits per heavy atom. The lowest BCUT2D eigenvalue weighted by molar-refractivity contribution is 0.457. The fourth-order valence-corrected chi connectivity index (χ4v) is 3.03. The zero-order valence-electron chi connectivity index (χ0n) is 10.7. The highest BCUT2D eigenvalue weighted by Gasteiger charge is 2.66. The van der Waals surface area contributed by atoms with Gasteiger partial charge in [-0.3, -0.25) is 0 Å². The first-order chi connectivity index (χ1) is 7.84. The van der Waals surface area contributed by atoms with Crippen LogP contribution in [0.5, 0.6) is 5.75 Å². The minimum absolute atomic E-state index is 0.280. The molecule has 1 heterocycles. The first-order valence-electron chi connectivity index (χ1n) is 6.02. The molecule has 0 atom stereocenters. The molecule has 0 aliphatic heterocycles. The summed E-state index contributed by atoms with van der Waals surface area (Å²) in [5.74, 6) is 1.78. The Bertz CT molecular complexity index is 581. The van der Waals surface area contributed by atoms with Gasteiger partial charge in [-0.15, -0.1) is 0 Å². The van der Waals surface area contributed by atoms with Gasteiger partial charge in [0, 0.05) is 12.0 Å². The van der Waals surface area contributed by atoms with Crippen LogP contribution < -0.4 is 0 Å². The summed E-state index contributed by atoms with van der Waals surface area (Å²) in [6.45, 7) is 9.12. The van der Waals surface area contributed by atoms with E-state index in [1.807, 2.05) is 6.07 Å². The van der Waals surface area contributed by atoms with Gasteiger partial charge in [-0.05, 0) is 23.0 Å². The van der Waals surface area contributed by atoms with E-state index in [0.29, 0.717) is 5.92 Å². The molecular formula is C14H18N2O. The first kappa shape index (κ1) is 10.6. The summed E-state index contributed by atoms with van der Waals surface area (Å²) in [7, 11) is 0. The summed E-state index contributed by atoms with van der Waals surface area (Å²) in [4.78, 5) is 7.98. The van der Waals surface area contributed by atoms with Gasteiger partial charge in [-0.2, -0.15) is 0 Å². The minimum Gasteiger partial charge on any atom is -0.508 e. The second kappa shape index (κ2) is 2.84. The topological polar surface area (TPSA) is 48.9 Å². The molecule has 3 rings (SSSR count). The maximum atomic E-state index is 9.45. The van der Waals surface area contributed by atoms with E-state index in [-0.39, 0.29) is 16.6 Å². The zero-order valence-corrected chi connectivity index (χ0v) is 10.7. The quantitative estimate of drug-likeness (QED) is 0.788. The van der Waals surface area contributed by atoms with E-state index in [4.69, 9.17) is 0 Å². The Morgan fingerprint density at radius 1 is 1.18 bits per heavy atom. The van der Waals surface area contributed by atoms with Gasteiger partial charge in [-0.1, -0.05) is 27.7 Å². The minimum atomic E-state index is 0.280. The Labute approximate surface area is 101 Å². The average Bonchev–Trinajstić information content (AvgIpc) is 2.56. The number of phenols is 1. The lowest BCUT2D eigenvalue weighted by Gasteiger charge is -2.03. The van der Waals surface area contributed by atoms with Crippen molar-refractivity contribution >= 4 is 11.0 Å². The highest BCUT2D eigenvalue weighted by atomic mass is 16.3. The number of aromatic amines is 1. The Morgan fingerprint density at radius 3 is 2.41 bits per heavy atom. The molecular weight excluding hydrogens is 212 g/mol. The summed E-state index contributed by atoms with van der Waals surface area (Å²) >= 11 is 0. The molecule has 0 amide bonds. The SMILES string of the molecule is CC1(C)C(c2nc3ccc(O)cc3[nH]2)C1(C)C. The molecule has 1 saturated carbocycles. The number of hydrogen-bond acceptors (Lipinski definition) is 2. The zero-order chi connectivity index (χ0) is 12.4. The first-order valence-corrected chi connectivity index (χ1v) is 6.02. The smallest absolute Gasteiger partial charge is 0.117 e. The molecule has 2 N–H and O–H groups in total. The highest BCUT2D eigenvalue weighted by Crippen LogP contribution is 2.73. The molecule has 3 nitrogen and oxygen atoms in total. The third-order valence-electron chi connectivity index (χ3n) is 4.78. The number of aromatic nitrogens is 2. The summed E-state index contributed by atoms with van der Waals surface area (Å²) in [6.07, 6.45) is 0. The van der Waals surface area contributed by atoms with Crippen molar-refractivity contribution in [3.63, 3.8) is 0 Å². The van der Waals surface area contributed by atoms with E-state index >= 15 is 0 Å². The molecule has 17 heavy (non-hydrogen) atoms. The van der Waals surface area contributed by atoms with Gasteiger partial charge in [0.05, 0.1) is 11.0 Å². The molecule has 1 aliphatic rings. The molecule has 90 valence electrons. The largest absolute Gasteiger partial charge is 0.508 e. The number of hydrogen-bond donors (Lipinski definition) is 2. The monoisotopic (exact) mass is 230 g/mol. The molecule has 0 radical (unpaired) electrons. The van der Waals surface area contributed by atoms with Crippen LogP contribution >= 0.6 is 0 Å². The Hall–Kier alpha value is -1.51. The van der Waals surface area contributed by atoms with Gasteiger partial charge in [0.15, 0.2) is 0 Å². The number of nitrogens with zero attached hydrogens (tertiary/aromatic N) is 1. The third kappa shape index (κ3) is 1.25. The number of rotatable bonds is 1. The second-order valence-corrected chi connectivity index (χ2v) is 6.20. The fraction of sp³-hybridized carbons (Fsp3) is 0.500. The highest BCUT2D eigenvalue weighted by molar-refractivity contribution is 5.77. The van der Waals surface area contributed by atoms with Gasteiger partial charge < -0.3 is 10.1 Å². The Balaban J connectivity index is 2.09. The van der Waals surface area contributed by atoms with Gasteiger partial charge in [0.1, 0.15) is 11.6 Å². The normalized spacial score (nSPS) is 21.9. The lowest BCUT2D eigenvalue weighted by Crippen LogP contribution is -1.95. The van der Waals surface area contributed by atoms with Gasteiger partial charge in [0.25, 0.3) is 0 Å². The second-order valence-electron chi connectivity index (χ2n) is 6.20. The van der Waals surface area contributed by atoms with Crippen molar-refractivity contribution in [1.29, 1.82) is 0 Å². The van der Waals surface area contributed by atoms with Crippen molar-refractivity contribution in [2.75, 3.05) is 0 Å². The van der Waals surface area contributed by atoms with Crippen LogP contribution in [0.25, 0.3) is 11.0 Å². The maximum Gasteiger partial charge on any atom is 0.117 e. The standard InChI is InChI=1S/C14H18N2O/c1-13(2)11(14(13,3)4)12-15-9-6-5-8(17)7-10(9)16-12/h5-7,11,17H,1-4H3,(H,15,16). The lowest BCUT2D eigenvalue weighted by atomic mass is 10.0. The van der Waals surface area contributed by atoms with Crippen LogP contribution in [0.4, 0.5) is 0 Å². The molecule has 3 heteroatoms. The van der Waals surface area contributed by atoms with Crippen LogP contribution in [-0.4, -0.2) is 15.1 Å². The van der Waals surface area contributed by atoms with E-state index < -0.39 is 0 Å². The molecule has 1 fully saturated rings. The van der Waals surface area contributed by atoms with Gasteiger partial charge >= 0.3 is 0 Å².